The minimum atomic E-state index is -0.321. The van der Waals surface area contributed by atoms with Crippen molar-refractivity contribution in [2.75, 3.05) is 25.0 Å². The molecular weight excluding hydrogens is 395 g/mol. The molecule has 2 aromatic rings. The van der Waals surface area contributed by atoms with Crippen LogP contribution in [0.25, 0.3) is 0 Å². The molecular formula is C17H22Cl2N4O2S. The number of nitrogens with two attached hydrogens (primary N) is 1. The molecule has 0 radical (unpaired) electrons. The van der Waals surface area contributed by atoms with Crippen molar-refractivity contribution in [3.63, 3.8) is 0 Å². The number of carbonyl (C=O) groups excluding carboxylic acids is 2. The number of nitrogens with zero attached hydrogens (tertiary/aromatic N) is 2. The SMILES string of the molecule is CCN(CC)C(=O)c1ccc(NC(=O)c2csc(CCN)n2)cc1Cl.Cl. The molecule has 1 aromatic carbocycles. The van der Waals surface area contributed by atoms with Crippen LogP contribution in [0, 0.1) is 0 Å². The van der Waals surface area contributed by atoms with E-state index in [9.17, 15) is 9.59 Å². The molecule has 142 valence electrons. The predicted octanol–water partition coefficient (Wildman–Crippen LogP) is 3.45. The number of aromatic nitrogens is 1. The lowest BCUT2D eigenvalue weighted by atomic mass is 10.1. The van der Waals surface area contributed by atoms with E-state index in [1.807, 2.05) is 13.8 Å². The molecule has 0 aliphatic heterocycles. The minimum Gasteiger partial charge on any atom is -0.339 e. The fourth-order valence-corrected chi connectivity index (χ4v) is 3.35. The third-order valence-electron chi connectivity index (χ3n) is 3.65. The second kappa shape index (κ2) is 10.5. The summed E-state index contributed by atoms with van der Waals surface area (Å²) in [4.78, 5) is 30.6. The molecule has 0 aliphatic rings. The molecule has 2 amide bonds. The Morgan fingerprint density at radius 1 is 1.31 bits per heavy atom. The number of carbonyl (C=O) groups is 2. The van der Waals surface area contributed by atoms with Gasteiger partial charge < -0.3 is 16.0 Å². The summed E-state index contributed by atoms with van der Waals surface area (Å²) >= 11 is 7.63. The molecule has 26 heavy (non-hydrogen) atoms. The van der Waals surface area contributed by atoms with Crippen molar-refractivity contribution in [2.24, 2.45) is 5.73 Å². The van der Waals surface area contributed by atoms with Crippen LogP contribution >= 0.6 is 35.3 Å². The van der Waals surface area contributed by atoms with E-state index in [0.29, 0.717) is 48.0 Å². The highest BCUT2D eigenvalue weighted by atomic mass is 35.5. The van der Waals surface area contributed by atoms with Gasteiger partial charge in [0.1, 0.15) is 5.69 Å². The minimum absolute atomic E-state index is 0. The van der Waals surface area contributed by atoms with E-state index in [2.05, 4.69) is 10.3 Å². The molecule has 0 spiro atoms. The monoisotopic (exact) mass is 416 g/mol. The maximum atomic E-state index is 12.4. The highest BCUT2D eigenvalue weighted by Crippen LogP contribution is 2.23. The summed E-state index contributed by atoms with van der Waals surface area (Å²) in [7, 11) is 0. The number of hydrogen-bond acceptors (Lipinski definition) is 5. The van der Waals surface area contributed by atoms with Crippen LogP contribution in [-0.2, 0) is 6.42 Å². The fraction of sp³-hybridized carbons (Fsp3) is 0.353. The number of anilines is 1. The summed E-state index contributed by atoms with van der Waals surface area (Å²) in [5.41, 5.74) is 6.76. The van der Waals surface area contributed by atoms with Crippen LogP contribution in [-0.4, -0.2) is 41.3 Å². The van der Waals surface area contributed by atoms with Gasteiger partial charge >= 0.3 is 0 Å². The van der Waals surface area contributed by atoms with Crippen molar-refractivity contribution in [1.29, 1.82) is 0 Å². The van der Waals surface area contributed by atoms with Gasteiger partial charge in [-0.15, -0.1) is 23.7 Å². The van der Waals surface area contributed by atoms with Crippen LogP contribution in [0.5, 0.6) is 0 Å². The fourth-order valence-electron chi connectivity index (χ4n) is 2.30. The average molecular weight is 417 g/mol. The van der Waals surface area contributed by atoms with Gasteiger partial charge in [0.2, 0.25) is 0 Å². The Bertz CT molecular complexity index is 763. The molecule has 1 aromatic heterocycles. The maximum absolute atomic E-state index is 12.4. The molecule has 2 rings (SSSR count). The molecule has 9 heteroatoms. The quantitative estimate of drug-likeness (QED) is 0.722. The summed E-state index contributed by atoms with van der Waals surface area (Å²) in [5, 5.41) is 5.56. The highest BCUT2D eigenvalue weighted by Gasteiger charge is 2.17. The molecule has 0 saturated heterocycles. The van der Waals surface area contributed by atoms with Crippen LogP contribution in [0.4, 0.5) is 5.69 Å². The van der Waals surface area contributed by atoms with Crippen LogP contribution in [0.2, 0.25) is 5.02 Å². The first-order valence-electron chi connectivity index (χ1n) is 8.04. The van der Waals surface area contributed by atoms with Crippen molar-refractivity contribution in [2.45, 2.75) is 20.3 Å². The van der Waals surface area contributed by atoms with Crippen LogP contribution in [0.1, 0.15) is 39.7 Å². The number of benzene rings is 1. The first kappa shape index (κ1) is 22.4. The predicted molar refractivity (Wildman–Crippen MR) is 109 cm³/mol. The first-order chi connectivity index (χ1) is 12.0. The molecule has 0 fully saturated rings. The van der Waals surface area contributed by atoms with E-state index in [-0.39, 0.29) is 24.2 Å². The van der Waals surface area contributed by atoms with Crippen LogP contribution < -0.4 is 11.1 Å². The van der Waals surface area contributed by atoms with Gasteiger partial charge in [0.05, 0.1) is 15.6 Å². The van der Waals surface area contributed by atoms with Crippen molar-refractivity contribution >= 4 is 52.8 Å². The molecule has 0 aliphatic carbocycles. The van der Waals surface area contributed by atoms with Gasteiger partial charge in [-0.3, -0.25) is 9.59 Å². The van der Waals surface area contributed by atoms with Gasteiger partial charge in [-0.05, 0) is 38.6 Å². The lowest BCUT2D eigenvalue weighted by Crippen LogP contribution is -2.30. The lowest BCUT2D eigenvalue weighted by Gasteiger charge is -2.19. The zero-order chi connectivity index (χ0) is 18.4. The Labute approximate surface area is 168 Å². The third-order valence-corrected chi connectivity index (χ3v) is 4.87. The summed E-state index contributed by atoms with van der Waals surface area (Å²) < 4.78 is 0. The molecule has 3 N–H and O–H groups in total. The average Bonchev–Trinajstić information content (AvgIpc) is 3.05. The van der Waals surface area contributed by atoms with Gasteiger partial charge in [0.25, 0.3) is 11.8 Å². The zero-order valence-corrected chi connectivity index (χ0v) is 17.0. The third kappa shape index (κ3) is 5.41. The van der Waals surface area contributed by atoms with Crippen molar-refractivity contribution in [3.05, 3.63) is 44.9 Å². The highest BCUT2D eigenvalue weighted by molar-refractivity contribution is 7.09. The number of halogens is 2. The first-order valence-corrected chi connectivity index (χ1v) is 9.30. The second-order valence-corrected chi connectivity index (χ2v) is 6.64. The van der Waals surface area contributed by atoms with Crippen LogP contribution in [0.3, 0.4) is 0 Å². The van der Waals surface area contributed by atoms with Crippen molar-refractivity contribution in [1.82, 2.24) is 9.88 Å². The topological polar surface area (TPSA) is 88.3 Å². The standard InChI is InChI=1S/C17H21ClN4O2S.ClH/c1-3-22(4-2)17(24)12-6-5-11(9-13(12)18)20-16(23)14-10-25-15(21-14)7-8-19;/h5-6,9-10H,3-4,7-8,19H2,1-2H3,(H,20,23);1H. The Kier molecular flexibility index (Phi) is 9.01. The number of thiazole rings is 1. The zero-order valence-electron chi connectivity index (χ0n) is 14.6. The normalized spacial score (nSPS) is 10.2. The van der Waals surface area contributed by atoms with E-state index in [1.165, 1.54) is 11.3 Å². The number of nitrogens with one attached hydrogen (secondary N) is 1. The van der Waals surface area contributed by atoms with Crippen molar-refractivity contribution < 1.29 is 9.59 Å². The lowest BCUT2D eigenvalue weighted by molar-refractivity contribution is 0.0773. The summed E-state index contributed by atoms with van der Waals surface area (Å²) in [6.45, 7) is 5.54. The molecule has 0 bridgehead atoms. The molecule has 0 saturated carbocycles. The number of hydrogen-bond donors (Lipinski definition) is 2. The van der Waals surface area contributed by atoms with Gasteiger partial charge in [0.15, 0.2) is 0 Å². The number of rotatable bonds is 7. The Morgan fingerprint density at radius 2 is 2.00 bits per heavy atom. The summed E-state index contributed by atoms with van der Waals surface area (Å²) in [5.74, 6) is -0.447. The van der Waals surface area contributed by atoms with E-state index < -0.39 is 0 Å². The number of amides is 2. The van der Waals surface area contributed by atoms with E-state index in [0.717, 1.165) is 5.01 Å². The Morgan fingerprint density at radius 3 is 2.58 bits per heavy atom. The largest absolute Gasteiger partial charge is 0.339 e. The van der Waals surface area contributed by atoms with Gasteiger partial charge in [-0.25, -0.2) is 4.98 Å². The van der Waals surface area contributed by atoms with Crippen molar-refractivity contribution in [3.8, 4) is 0 Å². The molecule has 0 atom stereocenters. The smallest absolute Gasteiger partial charge is 0.275 e. The van der Waals surface area contributed by atoms with Gasteiger partial charge in [-0.1, -0.05) is 11.6 Å². The second-order valence-electron chi connectivity index (χ2n) is 5.29. The molecule has 1 heterocycles. The summed E-state index contributed by atoms with van der Waals surface area (Å²) in [6.07, 6.45) is 0.645. The van der Waals surface area contributed by atoms with E-state index in [4.69, 9.17) is 17.3 Å². The van der Waals surface area contributed by atoms with E-state index >= 15 is 0 Å². The Balaban J connectivity index is 0.00000338. The molecule has 0 unspecified atom stereocenters. The Hall–Kier alpha value is -1.67. The molecule has 6 nitrogen and oxygen atoms in total. The van der Waals surface area contributed by atoms with Gasteiger partial charge in [-0.2, -0.15) is 0 Å². The van der Waals surface area contributed by atoms with Crippen LogP contribution in [0.15, 0.2) is 23.6 Å². The van der Waals surface area contributed by atoms with E-state index in [1.54, 1.807) is 28.5 Å². The maximum Gasteiger partial charge on any atom is 0.275 e. The summed E-state index contributed by atoms with van der Waals surface area (Å²) in [6, 6.07) is 4.86. The van der Waals surface area contributed by atoms with Gasteiger partial charge in [0, 0.05) is 30.6 Å².